The second-order valence-corrected chi connectivity index (χ2v) is 10.1. The molecule has 5 N–H and O–H groups in total. The third kappa shape index (κ3) is 5.59. The first-order chi connectivity index (χ1) is 17.5. The molecule has 2 amide bonds. The molecule has 0 unspecified atom stereocenters. The van der Waals surface area contributed by atoms with Gasteiger partial charge in [-0.2, -0.15) is 0 Å². The summed E-state index contributed by atoms with van der Waals surface area (Å²) in [5.41, 5.74) is 7.69. The second kappa shape index (κ2) is 11.0. The van der Waals surface area contributed by atoms with Gasteiger partial charge in [0, 0.05) is 35.8 Å². The maximum absolute atomic E-state index is 13.6. The molecule has 1 saturated heterocycles. The number of H-pyrrole nitrogens is 1. The van der Waals surface area contributed by atoms with Crippen molar-refractivity contribution >= 4 is 29.3 Å². The van der Waals surface area contributed by atoms with Gasteiger partial charge < -0.3 is 30.5 Å². The Morgan fingerprint density at radius 3 is 2.46 bits per heavy atom. The number of nitrogens with zero attached hydrogens (tertiary/aromatic N) is 1. The first-order valence-electron chi connectivity index (χ1n) is 12.1. The highest BCUT2D eigenvalue weighted by molar-refractivity contribution is 6.08. The molecule has 0 spiro atoms. The van der Waals surface area contributed by atoms with E-state index in [1.165, 1.54) is 6.26 Å². The number of hydrogen-bond donors (Lipinski definition) is 4. The lowest BCUT2D eigenvalue weighted by atomic mass is 9.83. The molecule has 2 aromatic heterocycles. The van der Waals surface area contributed by atoms with Crippen molar-refractivity contribution in [3.8, 4) is 11.1 Å². The van der Waals surface area contributed by atoms with E-state index in [4.69, 9.17) is 20.1 Å². The minimum Gasteiger partial charge on any atom is -0.483 e. The van der Waals surface area contributed by atoms with Crippen LogP contribution in [0.15, 0.2) is 45.9 Å². The summed E-state index contributed by atoms with van der Waals surface area (Å²) in [6.45, 7) is 9.33. The molecule has 4 rings (SSSR count). The van der Waals surface area contributed by atoms with Gasteiger partial charge in [0.2, 0.25) is 5.91 Å². The lowest BCUT2D eigenvalue weighted by Gasteiger charge is -2.40. The molecule has 1 fully saturated rings. The van der Waals surface area contributed by atoms with E-state index in [1.54, 1.807) is 23.2 Å². The molecule has 1 aromatic carbocycles. The van der Waals surface area contributed by atoms with Crippen molar-refractivity contribution in [2.45, 2.75) is 51.5 Å². The number of aromatic amines is 1. The highest BCUT2D eigenvalue weighted by atomic mass is 16.3. The Morgan fingerprint density at radius 2 is 1.92 bits per heavy atom. The molecule has 198 valence electrons. The highest BCUT2D eigenvalue weighted by Crippen LogP contribution is 2.37. The van der Waals surface area contributed by atoms with Crippen molar-refractivity contribution in [3.05, 3.63) is 58.2 Å². The highest BCUT2D eigenvalue weighted by Gasteiger charge is 2.40. The van der Waals surface area contributed by atoms with Crippen molar-refractivity contribution in [2.24, 2.45) is 5.73 Å². The Morgan fingerprint density at radius 1 is 1.27 bits per heavy atom. The van der Waals surface area contributed by atoms with Crippen LogP contribution in [0, 0.1) is 0 Å². The van der Waals surface area contributed by atoms with Crippen molar-refractivity contribution in [3.63, 3.8) is 0 Å². The number of carbonyl (C=O) groups excluding carboxylic acids is 2. The minimum absolute atomic E-state index is 0.160. The largest absolute Gasteiger partial charge is 0.483 e. The molecule has 0 radical (unpaired) electrons. The smallest absolute Gasteiger partial charge is 0.290 e. The second-order valence-electron chi connectivity index (χ2n) is 10.1. The van der Waals surface area contributed by atoms with E-state index in [9.17, 15) is 14.4 Å². The summed E-state index contributed by atoms with van der Waals surface area (Å²) in [5, 5.41) is 10.8. The number of nitrogens with two attached hydrogens (primary N) is 1. The molecular formula is C27H34N4O6. The number of furan rings is 1. The molecule has 3 heterocycles. The summed E-state index contributed by atoms with van der Waals surface area (Å²) >= 11 is 0. The molecule has 1 aliphatic rings. The van der Waals surface area contributed by atoms with E-state index >= 15 is 0 Å². The Kier molecular flexibility index (Phi) is 8.22. The number of carboxylic acid groups (broad SMARTS) is 1. The average molecular weight is 511 g/mol. The monoisotopic (exact) mass is 510 g/mol. The summed E-state index contributed by atoms with van der Waals surface area (Å²) < 4.78 is 5.94. The molecule has 0 bridgehead atoms. The van der Waals surface area contributed by atoms with E-state index in [-0.39, 0.29) is 29.3 Å². The fraction of sp³-hybridized carbons (Fsp3) is 0.407. The zero-order valence-electron chi connectivity index (χ0n) is 21.6. The van der Waals surface area contributed by atoms with E-state index in [0.29, 0.717) is 54.6 Å². The van der Waals surface area contributed by atoms with Crippen LogP contribution in [0.2, 0.25) is 0 Å². The molecule has 3 aromatic rings. The van der Waals surface area contributed by atoms with Crippen LogP contribution < -0.4 is 16.6 Å². The van der Waals surface area contributed by atoms with Crippen LogP contribution in [0.25, 0.3) is 22.1 Å². The number of piperidine rings is 1. The Labute approximate surface area is 214 Å². The number of nitrogens with one attached hydrogen (secondary N) is 2. The van der Waals surface area contributed by atoms with Gasteiger partial charge in [0.25, 0.3) is 17.9 Å². The van der Waals surface area contributed by atoms with Gasteiger partial charge in [-0.3, -0.25) is 19.2 Å². The van der Waals surface area contributed by atoms with Crippen molar-refractivity contribution in [1.82, 2.24) is 15.2 Å². The van der Waals surface area contributed by atoms with Crippen LogP contribution in [0.1, 0.15) is 56.5 Å². The van der Waals surface area contributed by atoms with Gasteiger partial charge in [0.1, 0.15) is 17.4 Å². The van der Waals surface area contributed by atoms with E-state index in [2.05, 4.69) is 31.1 Å². The lowest BCUT2D eigenvalue weighted by molar-refractivity contribution is -0.126. The summed E-state index contributed by atoms with van der Waals surface area (Å²) in [4.78, 5) is 50.9. The minimum atomic E-state index is -0.787. The topological polar surface area (TPSA) is 159 Å². The number of hydrogen-bond acceptors (Lipinski definition) is 6. The van der Waals surface area contributed by atoms with Crippen molar-refractivity contribution < 1.29 is 23.9 Å². The van der Waals surface area contributed by atoms with Gasteiger partial charge in [-0.05, 0) is 54.6 Å². The number of amides is 2. The fourth-order valence-corrected chi connectivity index (χ4v) is 4.77. The molecule has 1 aliphatic heterocycles. The van der Waals surface area contributed by atoms with Crippen LogP contribution >= 0.6 is 0 Å². The molecule has 10 nitrogen and oxygen atoms in total. The zero-order chi connectivity index (χ0) is 27.4. The first-order valence-corrected chi connectivity index (χ1v) is 12.1. The Balaban J connectivity index is 0.00000121. The van der Waals surface area contributed by atoms with Gasteiger partial charge in [0.15, 0.2) is 0 Å². The van der Waals surface area contributed by atoms with Crippen LogP contribution in [0.4, 0.5) is 0 Å². The van der Waals surface area contributed by atoms with Crippen LogP contribution in [0.5, 0.6) is 0 Å². The Hall–Kier alpha value is -3.92. The predicted molar refractivity (Wildman–Crippen MR) is 140 cm³/mol. The van der Waals surface area contributed by atoms with Gasteiger partial charge in [0.05, 0.1) is 5.56 Å². The molecule has 0 saturated carbocycles. The molecule has 0 aliphatic carbocycles. The van der Waals surface area contributed by atoms with Crippen LogP contribution in [-0.2, 0) is 15.0 Å². The summed E-state index contributed by atoms with van der Waals surface area (Å²) in [6, 6.07) is 7.36. The average Bonchev–Trinajstić information content (AvgIpc) is 3.27. The third-order valence-electron chi connectivity index (χ3n) is 6.73. The zero-order valence-corrected chi connectivity index (χ0v) is 21.6. The number of fused-ring (bicyclic) bond motifs is 1. The summed E-state index contributed by atoms with van der Waals surface area (Å²) in [6.07, 6.45) is 4.00. The summed E-state index contributed by atoms with van der Waals surface area (Å²) in [7, 11) is 0. The van der Waals surface area contributed by atoms with Crippen molar-refractivity contribution in [2.75, 3.05) is 19.6 Å². The van der Waals surface area contributed by atoms with E-state index in [0.717, 1.165) is 11.1 Å². The number of pyridine rings is 1. The van der Waals surface area contributed by atoms with Crippen molar-refractivity contribution in [1.29, 1.82) is 0 Å². The number of aromatic nitrogens is 1. The maximum atomic E-state index is 13.6. The Bertz CT molecular complexity index is 1340. The molecular weight excluding hydrogens is 476 g/mol. The van der Waals surface area contributed by atoms with Gasteiger partial charge in [-0.25, -0.2) is 0 Å². The number of carbonyl (C=O) groups is 3. The number of likely N-dealkylation sites (tertiary alicyclic amines) is 1. The SMILES string of the molecule is CCNC1(C(N)=O)CCN(C(=O)c2coc3c(C(C)(C)C)cc(-c4ccc[nH]c4=O)cc23)CC1.O=CO. The third-order valence-corrected chi connectivity index (χ3v) is 6.73. The molecule has 0 atom stereocenters. The molecule has 10 heteroatoms. The lowest BCUT2D eigenvalue weighted by Crippen LogP contribution is -2.61. The van der Waals surface area contributed by atoms with Gasteiger partial charge in [-0.1, -0.05) is 27.7 Å². The van der Waals surface area contributed by atoms with Crippen LogP contribution in [-0.4, -0.2) is 58.5 Å². The van der Waals surface area contributed by atoms with E-state index < -0.39 is 5.54 Å². The van der Waals surface area contributed by atoms with E-state index in [1.807, 2.05) is 19.1 Å². The van der Waals surface area contributed by atoms with Gasteiger partial charge in [-0.15, -0.1) is 0 Å². The quantitative estimate of drug-likeness (QED) is 0.384. The number of rotatable bonds is 5. The molecule has 37 heavy (non-hydrogen) atoms. The fourth-order valence-electron chi connectivity index (χ4n) is 4.77. The normalized spacial score (nSPS) is 15.1. The van der Waals surface area contributed by atoms with Gasteiger partial charge >= 0.3 is 0 Å². The number of primary amides is 1. The number of benzene rings is 1. The standard InChI is InChI=1S/C26H32N4O4.CH2O2/c1-5-29-26(24(27)33)8-11-30(12-9-26)23(32)19-15-34-21-18(19)13-16(14-20(21)25(2,3)4)17-7-6-10-28-22(17)31;2-1-3/h6-7,10,13-15,29H,5,8-9,11-12H2,1-4H3,(H2,27,33)(H,28,31);1H,(H,2,3). The summed E-state index contributed by atoms with van der Waals surface area (Å²) in [5.74, 6) is -0.546. The number of likely N-dealkylation sites (N-methyl/N-ethyl adjacent to an activating group) is 1. The predicted octanol–water partition coefficient (Wildman–Crippen LogP) is 2.86. The maximum Gasteiger partial charge on any atom is 0.290 e. The first kappa shape index (κ1) is 27.7. The van der Waals surface area contributed by atoms with Crippen LogP contribution in [0.3, 0.4) is 0 Å².